The zero-order valence-electron chi connectivity index (χ0n) is 19.3. The molecule has 0 bridgehead atoms. The minimum atomic E-state index is -5.34. The number of halogens is 3. The zero-order valence-corrected chi connectivity index (χ0v) is 20.1. The molecule has 33 heavy (non-hydrogen) atoms. The van der Waals surface area contributed by atoms with Crippen LogP contribution in [0.1, 0.15) is 58.3 Å². The minimum absolute atomic E-state index is 0.203. The van der Waals surface area contributed by atoms with E-state index < -0.39 is 27.2 Å². The number of unbranched alkanes of at least 4 members (excludes halogenated alkanes) is 2. The minimum Gasteiger partial charge on any atom is -0.444 e. The van der Waals surface area contributed by atoms with Crippen molar-refractivity contribution in [3.63, 3.8) is 0 Å². The largest absolute Gasteiger partial charge is 0.511 e. The molecule has 0 aliphatic heterocycles. The van der Waals surface area contributed by atoms with Crippen LogP contribution in [0, 0.1) is 0 Å². The van der Waals surface area contributed by atoms with Crippen molar-refractivity contribution in [3.8, 4) is 0 Å². The smallest absolute Gasteiger partial charge is 0.444 e. The normalized spacial score (nSPS) is 12.8. The van der Waals surface area contributed by atoms with Gasteiger partial charge in [0.15, 0.2) is 0 Å². The molecule has 2 aromatic heterocycles. The molecule has 0 aromatic carbocycles. The molecule has 0 saturated heterocycles. The van der Waals surface area contributed by atoms with Gasteiger partial charge in [-0.2, -0.15) is 13.2 Å². The van der Waals surface area contributed by atoms with Crippen molar-refractivity contribution in [2.45, 2.75) is 71.0 Å². The van der Waals surface area contributed by atoms with Crippen molar-refractivity contribution in [1.82, 2.24) is 19.0 Å². The van der Waals surface area contributed by atoms with Crippen LogP contribution in [0.25, 0.3) is 5.65 Å². The van der Waals surface area contributed by atoms with Crippen LogP contribution in [-0.4, -0.2) is 53.0 Å². The van der Waals surface area contributed by atoms with Crippen LogP contribution in [0.5, 0.6) is 0 Å². The molecule has 2 aromatic rings. The van der Waals surface area contributed by atoms with Gasteiger partial charge in [0, 0.05) is 25.0 Å². The van der Waals surface area contributed by atoms with Crippen molar-refractivity contribution >= 4 is 21.8 Å². The molecule has 8 nitrogen and oxygen atoms in total. The van der Waals surface area contributed by atoms with Gasteiger partial charge < -0.3 is 14.0 Å². The second kappa shape index (κ2) is 10.7. The number of aromatic nitrogens is 2. The van der Waals surface area contributed by atoms with Gasteiger partial charge in [-0.1, -0.05) is 19.4 Å². The van der Waals surface area contributed by atoms with Gasteiger partial charge in [-0.3, -0.25) is 0 Å². The highest BCUT2D eigenvalue weighted by Gasteiger charge is 2.45. The number of alkyl halides is 3. The molecule has 0 saturated carbocycles. The molecule has 0 unspecified atom stereocenters. The van der Waals surface area contributed by atoms with Gasteiger partial charge in [-0.15, -0.1) is 0 Å². The molecular weight excluding hydrogens is 461 g/mol. The first-order valence-electron chi connectivity index (χ1n) is 10.7. The highest BCUT2D eigenvalue weighted by molar-refractivity contribution is 7.90. The summed E-state index contributed by atoms with van der Waals surface area (Å²) >= 11 is 0. The third-order valence-corrected chi connectivity index (χ3v) is 5.89. The molecule has 0 aliphatic carbocycles. The van der Waals surface area contributed by atoms with Crippen molar-refractivity contribution in [3.05, 3.63) is 35.8 Å². The Morgan fingerprint density at radius 3 is 2.48 bits per heavy atom. The van der Waals surface area contributed by atoms with E-state index in [1.54, 1.807) is 25.5 Å². The Labute approximate surface area is 192 Å². The molecule has 1 N–H and O–H groups in total. The number of sulfonamides is 1. The van der Waals surface area contributed by atoms with E-state index in [2.05, 4.69) is 4.98 Å². The van der Waals surface area contributed by atoms with E-state index in [-0.39, 0.29) is 19.5 Å². The number of imidazole rings is 1. The fourth-order valence-corrected chi connectivity index (χ4v) is 3.64. The molecule has 0 fully saturated rings. The summed E-state index contributed by atoms with van der Waals surface area (Å²) < 4.78 is 68.1. The number of pyridine rings is 1. The first kappa shape index (κ1) is 26.9. The van der Waals surface area contributed by atoms with Gasteiger partial charge in [0.1, 0.15) is 11.2 Å². The summed E-state index contributed by atoms with van der Waals surface area (Å²) in [7, 11) is -5.34. The highest BCUT2D eigenvalue weighted by atomic mass is 32.2. The van der Waals surface area contributed by atoms with E-state index in [0.717, 1.165) is 23.5 Å². The fourth-order valence-electron chi connectivity index (χ4n) is 3.07. The van der Waals surface area contributed by atoms with E-state index in [4.69, 9.17) is 4.74 Å². The van der Waals surface area contributed by atoms with Gasteiger partial charge >= 0.3 is 21.6 Å². The zero-order chi connectivity index (χ0) is 24.9. The topological polar surface area (TPSA) is 93.0 Å². The number of carbonyl (C=O) groups is 1. The Bertz CT molecular complexity index is 1050. The Kier molecular flexibility index (Phi) is 8.75. The lowest BCUT2D eigenvalue weighted by Gasteiger charge is -2.27. The Morgan fingerprint density at radius 2 is 1.88 bits per heavy atom. The number of hydrogen-bond acceptors (Lipinski definition) is 5. The van der Waals surface area contributed by atoms with Gasteiger partial charge in [0.05, 0.1) is 12.2 Å². The maximum Gasteiger partial charge on any atom is 0.511 e. The number of nitrogens with one attached hydrogen (secondary N) is 1. The Hall–Kier alpha value is -2.34. The summed E-state index contributed by atoms with van der Waals surface area (Å²) in [5.74, 6) is 0. The van der Waals surface area contributed by atoms with E-state index in [0.29, 0.717) is 19.4 Å². The molecule has 2 heterocycles. The third kappa shape index (κ3) is 7.88. The van der Waals surface area contributed by atoms with Crippen LogP contribution in [0.15, 0.2) is 24.4 Å². The maximum absolute atomic E-state index is 12.8. The third-order valence-electron chi connectivity index (χ3n) is 4.69. The molecule has 12 heteroatoms. The first-order chi connectivity index (χ1) is 15.2. The van der Waals surface area contributed by atoms with Gasteiger partial charge in [0.25, 0.3) is 0 Å². The number of aryl methyl sites for hydroxylation is 1. The monoisotopic (exact) mass is 492 g/mol. The highest BCUT2D eigenvalue weighted by Crippen LogP contribution is 2.21. The second-order valence-electron chi connectivity index (χ2n) is 8.64. The summed E-state index contributed by atoms with van der Waals surface area (Å²) in [6, 6.07) is 5.62. The summed E-state index contributed by atoms with van der Waals surface area (Å²) in [5, 5.41) is 0. The number of nitrogens with zero attached hydrogens (tertiary/aromatic N) is 3. The Balaban J connectivity index is 2.02. The maximum atomic E-state index is 12.8. The van der Waals surface area contributed by atoms with Gasteiger partial charge in [-0.05, 0) is 52.2 Å². The summed E-state index contributed by atoms with van der Waals surface area (Å²) in [6.45, 7) is 7.52. The lowest BCUT2D eigenvalue weighted by atomic mass is 10.2. The van der Waals surface area contributed by atoms with Crippen molar-refractivity contribution in [1.29, 1.82) is 0 Å². The summed E-state index contributed by atoms with van der Waals surface area (Å²) in [4.78, 5) is 18.8. The second-order valence-corrected chi connectivity index (χ2v) is 10.4. The summed E-state index contributed by atoms with van der Waals surface area (Å²) in [5.41, 5.74) is -3.49. The van der Waals surface area contributed by atoms with E-state index in [1.807, 2.05) is 35.7 Å². The van der Waals surface area contributed by atoms with E-state index in [1.165, 1.54) is 4.90 Å². The first-order valence-corrected chi connectivity index (χ1v) is 12.2. The number of ether oxygens (including phenoxy) is 1. The van der Waals surface area contributed by atoms with Crippen molar-refractivity contribution < 1.29 is 31.1 Å². The quantitative estimate of drug-likeness (QED) is 0.501. The van der Waals surface area contributed by atoms with Crippen LogP contribution in [0.3, 0.4) is 0 Å². The van der Waals surface area contributed by atoms with Crippen molar-refractivity contribution in [2.75, 3.05) is 13.1 Å². The van der Waals surface area contributed by atoms with E-state index >= 15 is 0 Å². The average molecular weight is 493 g/mol. The molecule has 1 amide bonds. The van der Waals surface area contributed by atoms with Crippen LogP contribution in [-0.2, 0) is 27.7 Å². The Morgan fingerprint density at radius 1 is 1.18 bits per heavy atom. The molecular formula is C21H31F3N4O4S. The lowest BCUT2D eigenvalue weighted by Crippen LogP contribution is -2.38. The molecule has 0 radical (unpaired) electrons. The molecule has 0 atom stereocenters. The molecule has 186 valence electrons. The molecule has 0 spiro atoms. The lowest BCUT2D eigenvalue weighted by molar-refractivity contribution is -0.0447. The number of hydrogen-bond donors (Lipinski definition) is 1. The standard InChI is InChI=1S/C21H31F3N4O4S/c1-5-16-14-28-17(10-9-11-18(28)26-16)15-27(19(29)32-20(2,3)4)13-8-6-7-12-25-33(30,31)21(22,23)24/h9-11,14,25H,5-8,12-13,15H2,1-4H3. The van der Waals surface area contributed by atoms with Gasteiger partial charge in [0.2, 0.25) is 0 Å². The predicted octanol–water partition coefficient (Wildman–Crippen LogP) is 4.24. The number of fused-ring (bicyclic) bond motifs is 1. The predicted molar refractivity (Wildman–Crippen MR) is 118 cm³/mol. The molecule has 0 aliphatic rings. The van der Waals surface area contributed by atoms with Crippen LogP contribution < -0.4 is 4.72 Å². The van der Waals surface area contributed by atoms with Crippen LogP contribution in [0.2, 0.25) is 0 Å². The SMILES string of the molecule is CCc1cn2c(CN(CCCCCNS(=O)(=O)C(F)(F)F)C(=O)OC(C)(C)C)cccc2n1. The van der Waals surface area contributed by atoms with E-state index in [9.17, 15) is 26.4 Å². The molecule has 2 rings (SSSR count). The van der Waals surface area contributed by atoms with Crippen molar-refractivity contribution in [2.24, 2.45) is 0 Å². The average Bonchev–Trinajstić information content (AvgIpc) is 3.11. The van der Waals surface area contributed by atoms with Crippen LogP contribution >= 0.6 is 0 Å². The van der Waals surface area contributed by atoms with Gasteiger partial charge in [-0.25, -0.2) is 22.9 Å². The number of amides is 1. The number of rotatable bonds is 10. The summed E-state index contributed by atoms with van der Waals surface area (Å²) in [6.07, 6.45) is 3.28. The fraction of sp³-hybridized carbons (Fsp3) is 0.619. The number of carbonyl (C=O) groups excluding carboxylic acids is 1. The van der Waals surface area contributed by atoms with Crippen LogP contribution in [0.4, 0.5) is 18.0 Å².